The van der Waals surface area contributed by atoms with Crippen LogP contribution in [-0.2, 0) is 0 Å². The second-order valence-electron chi connectivity index (χ2n) is 8.00. The van der Waals surface area contributed by atoms with Crippen molar-refractivity contribution in [2.75, 3.05) is 30.8 Å². The average molecular weight is 404 g/mol. The number of hydrogen-bond donors (Lipinski definition) is 3. The summed E-state index contributed by atoms with van der Waals surface area (Å²) >= 11 is 0. The Balaban J connectivity index is 2.04. The summed E-state index contributed by atoms with van der Waals surface area (Å²) in [6.45, 7) is 3.07. The van der Waals surface area contributed by atoms with E-state index in [4.69, 9.17) is 16.2 Å². The fraction of sp³-hybridized carbons (Fsp3) is 0.500. The van der Waals surface area contributed by atoms with Crippen LogP contribution in [0.25, 0.3) is 10.9 Å². The van der Waals surface area contributed by atoms with Crippen LogP contribution in [-0.4, -0.2) is 41.9 Å². The molecule has 5 N–H and O–H groups in total. The van der Waals surface area contributed by atoms with E-state index in [0.29, 0.717) is 18.6 Å². The number of fused-ring (bicyclic) bond motifs is 1. The van der Waals surface area contributed by atoms with Gasteiger partial charge in [-0.2, -0.15) is 0 Å². The minimum Gasteiger partial charge on any atom is -0.492 e. The van der Waals surface area contributed by atoms with Crippen LogP contribution in [0.4, 0.5) is 15.8 Å². The van der Waals surface area contributed by atoms with Crippen molar-refractivity contribution in [3.8, 4) is 5.75 Å². The van der Waals surface area contributed by atoms with Gasteiger partial charge in [-0.1, -0.05) is 0 Å². The van der Waals surface area contributed by atoms with Crippen molar-refractivity contribution in [1.82, 2.24) is 4.57 Å². The van der Waals surface area contributed by atoms with Crippen molar-refractivity contribution >= 4 is 28.2 Å². The fourth-order valence-electron chi connectivity index (χ4n) is 4.25. The van der Waals surface area contributed by atoms with Gasteiger partial charge in [0, 0.05) is 31.4 Å². The van der Waals surface area contributed by atoms with E-state index in [0.717, 1.165) is 19.3 Å². The molecule has 2 aromatic rings. The van der Waals surface area contributed by atoms with E-state index in [1.165, 1.54) is 13.3 Å². The van der Waals surface area contributed by atoms with Crippen molar-refractivity contribution in [3.05, 3.63) is 27.8 Å². The first-order chi connectivity index (χ1) is 13.8. The van der Waals surface area contributed by atoms with Gasteiger partial charge < -0.3 is 30.8 Å². The molecule has 1 aliphatic carbocycles. The van der Waals surface area contributed by atoms with Crippen LogP contribution in [0.5, 0.6) is 5.75 Å². The van der Waals surface area contributed by atoms with E-state index < -0.39 is 22.8 Å². The van der Waals surface area contributed by atoms with Crippen LogP contribution >= 0.6 is 0 Å². The van der Waals surface area contributed by atoms with Gasteiger partial charge in [-0.25, -0.2) is 9.18 Å². The van der Waals surface area contributed by atoms with Gasteiger partial charge in [-0.15, -0.1) is 0 Å². The van der Waals surface area contributed by atoms with E-state index >= 15 is 4.39 Å². The number of methoxy groups -OCH3 is 1. The Hall–Kier alpha value is -2.81. The van der Waals surface area contributed by atoms with E-state index in [9.17, 15) is 14.7 Å². The molecule has 1 aromatic carbocycles. The molecule has 1 saturated heterocycles. The number of nitrogen functional groups attached to an aromatic ring is 1. The summed E-state index contributed by atoms with van der Waals surface area (Å²) < 4.78 is 22.8. The largest absolute Gasteiger partial charge is 0.492 e. The molecule has 2 atom stereocenters. The number of aromatic carboxylic acids is 1. The highest BCUT2D eigenvalue weighted by Crippen LogP contribution is 2.46. The number of anilines is 2. The molecule has 8 nitrogen and oxygen atoms in total. The first kappa shape index (κ1) is 19.5. The lowest BCUT2D eigenvalue weighted by molar-refractivity contribution is 0.0695. The van der Waals surface area contributed by atoms with Gasteiger partial charge in [0.1, 0.15) is 11.3 Å². The Morgan fingerprint density at radius 2 is 2.07 bits per heavy atom. The number of carboxylic acid groups (broad SMARTS) is 1. The SMILES string of the molecule is COc1c(N2CC[C@@H]([C@@H](C)N)C2)c(F)c(N)c2c(=O)c(C(=O)O)cn(C3CC3)c12. The molecule has 4 rings (SSSR count). The molecule has 1 aromatic heterocycles. The predicted molar refractivity (Wildman–Crippen MR) is 108 cm³/mol. The number of pyridine rings is 1. The first-order valence-electron chi connectivity index (χ1n) is 9.73. The van der Waals surface area contributed by atoms with Gasteiger partial charge in [-0.05, 0) is 32.1 Å². The number of rotatable bonds is 5. The highest BCUT2D eigenvalue weighted by molar-refractivity contribution is 6.03. The molecule has 0 amide bonds. The zero-order valence-corrected chi connectivity index (χ0v) is 16.4. The molecule has 1 aliphatic heterocycles. The first-order valence-corrected chi connectivity index (χ1v) is 9.73. The Labute approximate surface area is 166 Å². The second kappa shape index (κ2) is 6.91. The van der Waals surface area contributed by atoms with Crippen LogP contribution in [0.2, 0.25) is 0 Å². The number of carbonyl (C=O) groups is 1. The Morgan fingerprint density at radius 1 is 1.38 bits per heavy atom. The number of nitrogens with zero attached hydrogens (tertiary/aromatic N) is 2. The minimum absolute atomic E-state index is 0.0261. The smallest absolute Gasteiger partial charge is 0.341 e. The normalized spacial score (nSPS) is 20.3. The molecule has 0 unspecified atom stereocenters. The number of benzene rings is 1. The monoisotopic (exact) mass is 404 g/mol. The van der Waals surface area contributed by atoms with Crippen molar-refractivity contribution < 1.29 is 19.0 Å². The Morgan fingerprint density at radius 3 is 2.59 bits per heavy atom. The van der Waals surface area contributed by atoms with Crippen LogP contribution in [0, 0.1) is 11.7 Å². The standard InChI is InChI=1S/C20H25FN4O4/c1-9(22)10-5-6-24(7-10)17-14(21)15(23)13-16(19(17)29-2)25(11-3-4-11)8-12(18(13)26)20(27)28/h8-11H,3-7,22-23H2,1-2H3,(H,27,28)/t9-,10-/m1/s1. The van der Waals surface area contributed by atoms with Gasteiger partial charge in [0.05, 0.1) is 23.7 Å². The predicted octanol–water partition coefficient (Wildman–Crippen LogP) is 1.94. The molecule has 2 fully saturated rings. The Bertz CT molecular complexity index is 1060. The molecular formula is C20H25FN4O4. The van der Waals surface area contributed by atoms with Crippen molar-refractivity contribution in [1.29, 1.82) is 0 Å². The lowest BCUT2D eigenvalue weighted by atomic mass is 10.0. The molecule has 2 aliphatic rings. The third-order valence-electron chi connectivity index (χ3n) is 6.04. The molecule has 156 valence electrons. The zero-order chi connectivity index (χ0) is 21.0. The third-order valence-corrected chi connectivity index (χ3v) is 6.04. The highest BCUT2D eigenvalue weighted by atomic mass is 19.1. The number of hydrogen-bond acceptors (Lipinski definition) is 6. The lowest BCUT2D eigenvalue weighted by Crippen LogP contribution is -2.30. The molecular weight excluding hydrogens is 379 g/mol. The number of halogens is 1. The molecule has 0 bridgehead atoms. The number of carboxylic acids is 1. The van der Waals surface area contributed by atoms with E-state index in [2.05, 4.69) is 0 Å². The molecule has 0 radical (unpaired) electrons. The van der Waals surface area contributed by atoms with Gasteiger partial charge in [0.25, 0.3) is 0 Å². The highest BCUT2D eigenvalue weighted by Gasteiger charge is 2.35. The summed E-state index contributed by atoms with van der Waals surface area (Å²) in [4.78, 5) is 26.3. The maximum Gasteiger partial charge on any atom is 0.341 e. The van der Waals surface area contributed by atoms with Gasteiger partial charge in [0.15, 0.2) is 11.6 Å². The maximum atomic E-state index is 15.4. The molecule has 1 saturated carbocycles. The van der Waals surface area contributed by atoms with Crippen molar-refractivity contribution in [2.24, 2.45) is 11.7 Å². The minimum atomic E-state index is -1.37. The topological polar surface area (TPSA) is 124 Å². The fourth-order valence-corrected chi connectivity index (χ4v) is 4.25. The third kappa shape index (κ3) is 3.00. The summed E-state index contributed by atoms with van der Waals surface area (Å²) in [5, 5.41) is 9.31. The van der Waals surface area contributed by atoms with E-state index in [-0.39, 0.29) is 40.5 Å². The molecule has 29 heavy (non-hydrogen) atoms. The molecule has 0 spiro atoms. The number of nitrogens with two attached hydrogens (primary N) is 2. The van der Waals surface area contributed by atoms with E-state index in [1.54, 1.807) is 4.57 Å². The summed E-state index contributed by atoms with van der Waals surface area (Å²) in [7, 11) is 1.42. The summed E-state index contributed by atoms with van der Waals surface area (Å²) in [6.07, 6.45) is 3.81. The Kier molecular flexibility index (Phi) is 4.65. The van der Waals surface area contributed by atoms with Crippen LogP contribution < -0.4 is 26.5 Å². The van der Waals surface area contributed by atoms with E-state index in [1.807, 2.05) is 11.8 Å². The maximum absolute atomic E-state index is 15.4. The van der Waals surface area contributed by atoms with Crippen LogP contribution in [0.3, 0.4) is 0 Å². The quantitative estimate of drug-likeness (QED) is 0.651. The molecule has 9 heteroatoms. The summed E-state index contributed by atoms with van der Waals surface area (Å²) in [6, 6.07) is -0.00664. The molecule has 2 heterocycles. The number of ether oxygens (including phenoxy) is 1. The van der Waals surface area contributed by atoms with Crippen LogP contribution in [0.1, 0.15) is 42.6 Å². The average Bonchev–Trinajstić information content (AvgIpc) is 3.39. The van der Waals surface area contributed by atoms with Crippen LogP contribution in [0.15, 0.2) is 11.0 Å². The summed E-state index contributed by atoms with van der Waals surface area (Å²) in [5.41, 5.74) is 11.1. The van der Waals surface area contributed by atoms with Gasteiger partial charge in [-0.3, -0.25) is 4.79 Å². The second-order valence-corrected chi connectivity index (χ2v) is 8.00. The van der Waals surface area contributed by atoms with Gasteiger partial charge >= 0.3 is 5.97 Å². The van der Waals surface area contributed by atoms with Crippen molar-refractivity contribution in [3.63, 3.8) is 0 Å². The summed E-state index contributed by atoms with van der Waals surface area (Å²) in [5.74, 6) is -1.72. The lowest BCUT2D eigenvalue weighted by Gasteiger charge is -2.26. The number of aromatic nitrogens is 1. The van der Waals surface area contributed by atoms with Gasteiger partial charge in [0.2, 0.25) is 5.43 Å². The zero-order valence-electron chi connectivity index (χ0n) is 16.4. The van der Waals surface area contributed by atoms with Crippen molar-refractivity contribution in [2.45, 2.75) is 38.3 Å².